The molecule has 0 atom stereocenters. The number of carbonyl (C=O) groups is 2. The van der Waals surface area contributed by atoms with E-state index in [1.807, 2.05) is 13.8 Å². The zero-order chi connectivity index (χ0) is 13.8. The van der Waals surface area contributed by atoms with Crippen LogP contribution in [0.15, 0.2) is 10.6 Å². The fourth-order valence-electron chi connectivity index (χ4n) is 1.78. The van der Waals surface area contributed by atoms with Crippen molar-refractivity contribution in [3.63, 3.8) is 0 Å². The Bertz CT molecular complexity index is 435. The van der Waals surface area contributed by atoms with Gasteiger partial charge < -0.3 is 14.9 Å². The van der Waals surface area contributed by atoms with Crippen molar-refractivity contribution in [3.8, 4) is 0 Å². The van der Waals surface area contributed by atoms with E-state index in [4.69, 9.17) is 9.63 Å². The van der Waals surface area contributed by atoms with Gasteiger partial charge in [0.25, 0.3) is 5.91 Å². The molecule has 2 N–H and O–H groups in total. The summed E-state index contributed by atoms with van der Waals surface area (Å²) >= 11 is 0. The molecule has 0 bridgehead atoms. The predicted molar refractivity (Wildman–Crippen MR) is 64.3 cm³/mol. The summed E-state index contributed by atoms with van der Waals surface area (Å²) in [6.07, 6.45) is 0.960. The van der Waals surface area contributed by atoms with Crippen LogP contribution < -0.4 is 5.32 Å². The highest BCUT2D eigenvalue weighted by Gasteiger charge is 2.32. The van der Waals surface area contributed by atoms with Crippen LogP contribution in [0.1, 0.15) is 49.4 Å². The van der Waals surface area contributed by atoms with Gasteiger partial charge in [-0.15, -0.1) is 0 Å². The molecule has 0 fully saturated rings. The van der Waals surface area contributed by atoms with Crippen molar-refractivity contribution in [2.75, 3.05) is 0 Å². The Labute approximate surface area is 105 Å². The molecule has 0 saturated carbocycles. The Kier molecular flexibility index (Phi) is 4.47. The average Bonchev–Trinajstić information content (AvgIpc) is 2.74. The quantitative estimate of drug-likeness (QED) is 0.806. The largest absolute Gasteiger partial charge is 0.481 e. The lowest BCUT2D eigenvalue weighted by Crippen LogP contribution is -2.49. The molecular formula is C12H18N2O4. The van der Waals surface area contributed by atoms with Crippen LogP contribution in [0.25, 0.3) is 0 Å². The van der Waals surface area contributed by atoms with Gasteiger partial charge in [0.05, 0.1) is 17.7 Å². The van der Waals surface area contributed by atoms with E-state index in [-0.39, 0.29) is 12.2 Å². The Balaban J connectivity index is 2.83. The first-order chi connectivity index (χ1) is 8.42. The number of aliphatic carboxylic acids is 1. The minimum Gasteiger partial charge on any atom is -0.481 e. The van der Waals surface area contributed by atoms with Gasteiger partial charge in [0, 0.05) is 6.07 Å². The monoisotopic (exact) mass is 254 g/mol. The number of hydrogen-bond donors (Lipinski definition) is 2. The van der Waals surface area contributed by atoms with Crippen LogP contribution in [0.5, 0.6) is 0 Å². The highest BCUT2D eigenvalue weighted by molar-refractivity contribution is 5.92. The molecule has 1 heterocycles. The fraction of sp³-hybridized carbons (Fsp3) is 0.583. The predicted octanol–water partition coefficient (Wildman–Crippen LogP) is 1.75. The van der Waals surface area contributed by atoms with Crippen LogP contribution in [0, 0.1) is 6.92 Å². The van der Waals surface area contributed by atoms with Gasteiger partial charge >= 0.3 is 5.97 Å². The maximum absolute atomic E-state index is 11.9. The second-order valence-corrected chi connectivity index (χ2v) is 4.34. The van der Waals surface area contributed by atoms with Crippen LogP contribution in [0.4, 0.5) is 0 Å². The minimum atomic E-state index is -0.937. The summed E-state index contributed by atoms with van der Waals surface area (Å²) in [4.78, 5) is 22.8. The molecule has 1 rings (SSSR count). The fourth-order valence-corrected chi connectivity index (χ4v) is 1.78. The third-order valence-electron chi connectivity index (χ3n) is 3.07. The first-order valence-corrected chi connectivity index (χ1v) is 5.90. The van der Waals surface area contributed by atoms with E-state index in [0.29, 0.717) is 18.5 Å². The molecule has 0 aromatic carbocycles. The van der Waals surface area contributed by atoms with Crippen molar-refractivity contribution in [3.05, 3.63) is 17.5 Å². The number of nitrogens with zero attached hydrogens (tertiary/aromatic N) is 1. The van der Waals surface area contributed by atoms with E-state index < -0.39 is 17.4 Å². The number of amides is 1. The summed E-state index contributed by atoms with van der Waals surface area (Å²) in [5, 5.41) is 15.3. The van der Waals surface area contributed by atoms with E-state index in [2.05, 4.69) is 10.5 Å². The molecule has 1 aromatic rings. The van der Waals surface area contributed by atoms with Crippen molar-refractivity contribution in [1.29, 1.82) is 0 Å². The van der Waals surface area contributed by atoms with E-state index in [1.54, 1.807) is 6.92 Å². The number of hydrogen-bond acceptors (Lipinski definition) is 4. The molecule has 0 aliphatic carbocycles. The molecular weight excluding hydrogens is 236 g/mol. The van der Waals surface area contributed by atoms with Crippen LogP contribution in [0.2, 0.25) is 0 Å². The molecule has 0 saturated heterocycles. The average molecular weight is 254 g/mol. The SMILES string of the molecule is CCC(CC)(CC(=O)O)NC(=O)c1cc(C)no1. The van der Waals surface area contributed by atoms with E-state index in [1.165, 1.54) is 6.07 Å². The van der Waals surface area contributed by atoms with Gasteiger partial charge in [-0.1, -0.05) is 19.0 Å². The van der Waals surface area contributed by atoms with Crippen molar-refractivity contribution in [1.82, 2.24) is 10.5 Å². The number of rotatable bonds is 6. The molecule has 1 aromatic heterocycles. The second kappa shape index (κ2) is 5.66. The first-order valence-electron chi connectivity index (χ1n) is 5.90. The number of carboxylic acids is 1. The first kappa shape index (κ1) is 14.2. The van der Waals surface area contributed by atoms with Crippen LogP contribution in [0.3, 0.4) is 0 Å². The molecule has 6 heteroatoms. The minimum absolute atomic E-state index is 0.101. The van der Waals surface area contributed by atoms with Crippen molar-refractivity contribution < 1.29 is 19.2 Å². The number of carboxylic acid groups (broad SMARTS) is 1. The number of aryl methyl sites for hydroxylation is 1. The van der Waals surface area contributed by atoms with Gasteiger partial charge in [0.1, 0.15) is 0 Å². The zero-order valence-corrected chi connectivity index (χ0v) is 10.8. The van der Waals surface area contributed by atoms with Crippen molar-refractivity contribution in [2.24, 2.45) is 0 Å². The standard InChI is InChI=1S/C12H18N2O4/c1-4-12(5-2,7-10(15)16)13-11(17)9-6-8(3)14-18-9/h6H,4-5,7H2,1-3H3,(H,13,17)(H,15,16). The van der Waals surface area contributed by atoms with Crippen LogP contribution in [-0.4, -0.2) is 27.7 Å². The maximum Gasteiger partial charge on any atom is 0.305 e. The lowest BCUT2D eigenvalue weighted by molar-refractivity contribution is -0.138. The Morgan fingerprint density at radius 1 is 1.44 bits per heavy atom. The van der Waals surface area contributed by atoms with Gasteiger partial charge in [-0.25, -0.2) is 0 Å². The molecule has 18 heavy (non-hydrogen) atoms. The molecule has 0 radical (unpaired) electrons. The molecule has 6 nitrogen and oxygen atoms in total. The van der Waals surface area contributed by atoms with Gasteiger partial charge in [0.15, 0.2) is 0 Å². The Morgan fingerprint density at radius 3 is 2.44 bits per heavy atom. The van der Waals surface area contributed by atoms with Gasteiger partial charge in [-0.3, -0.25) is 9.59 Å². The molecule has 0 aliphatic rings. The maximum atomic E-state index is 11.9. The molecule has 0 spiro atoms. The van der Waals surface area contributed by atoms with Crippen LogP contribution in [-0.2, 0) is 4.79 Å². The molecule has 100 valence electrons. The lowest BCUT2D eigenvalue weighted by atomic mass is 9.89. The second-order valence-electron chi connectivity index (χ2n) is 4.34. The number of nitrogens with one attached hydrogen (secondary N) is 1. The third-order valence-corrected chi connectivity index (χ3v) is 3.07. The topological polar surface area (TPSA) is 92.4 Å². The normalized spacial score (nSPS) is 11.3. The molecule has 0 aliphatic heterocycles. The van der Waals surface area contributed by atoms with Gasteiger partial charge in [-0.05, 0) is 19.8 Å². The third kappa shape index (κ3) is 3.32. The summed E-state index contributed by atoms with van der Waals surface area (Å²) in [5.41, 5.74) is -0.138. The highest BCUT2D eigenvalue weighted by atomic mass is 16.5. The number of aromatic nitrogens is 1. The van der Waals surface area contributed by atoms with Crippen molar-refractivity contribution in [2.45, 2.75) is 45.6 Å². The Hall–Kier alpha value is -1.85. The molecule has 0 unspecified atom stereocenters. The van der Waals surface area contributed by atoms with E-state index >= 15 is 0 Å². The summed E-state index contributed by atoms with van der Waals surface area (Å²) in [5.74, 6) is -1.27. The highest BCUT2D eigenvalue weighted by Crippen LogP contribution is 2.20. The zero-order valence-electron chi connectivity index (χ0n) is 10.8. The number of carbonyl (C=O) groups excluding carboxylic acids is 1. The smallest absolute Gasteiger partial charge is 0.305 e. The van der Waals surface area contributed by atoms with E-state index in [9.17, 15) is 9.59 Å². The van der Waals surface area contributed by atoms with Crippen LogP contribution >= 0.6 is 0 Å². The summed E-state index contributed by atoms with van der Waals surface area (Å²) < 4.78 is 4.86. The molecule has 1 amide bonds. The summed E-state index contributed by atoms with van der Waals surface area (Å²) in [6, 6.07) is 1.52. The summed E-state index contributed by atoms with van der Waals surface area (Å²) in [7, 11) is 0. The lowest BCUT2D eigenvalue weighted by Gasteiger charge is -2.30. The summed E-state index contributed by atoms with van der Waals surface area (Å²) in [6.45, 7) is 5.40. The van der Waals surface area contributed by atoms with Crippen molar-refractivity contribution >= 4 is 11.9 Å². The Morgan fingerprint density at radius 2 is 2.06 bits per heavy atom. The van der Waals surface area contributed by atoms with Gasteiger partial charge in [0.2, 0.25) is 5.76 Å². The van der Waals surface area contributed by atoms with E-state index in [0.717, 1.165) is 0 Å². The van der Waals surface area contributed by atoms with Gasteiger partial charge in [-0.2, -0.15) is 0 Å².